The summed E-state index contributed by atoms with van der Waals surface area (Å²) >= 11 is 12.3. The third-order valence-electron chi connectivity index (χ3n) is 6.65. The predicted octanol–water partition coefficient (Wildman–Crippen LogP) is 9.15. The highest BCUT2D eigenvalue weighted by molar-refractivity contribution is 6.35. The lowest BCUT2D eigenvalue weighted by Crippen LogP contribution is -1.99. The first kappa shape index (κ1) is 29.6. The van der Waals surface area contributed by atoms with Gasteiger partial charge in [0.05, 0.1) is 21.3 Å². The molecule has 0 N–H and O–H groups in total. The summed E-state index contributed by atoms with van der Waals surface area (Å²) in [4.78, 5) is 4.58. The zero-order valence-electron chi connectivity index (χ0n) is 23.6. The number of hydrogen-bond acceptors (Lipinski definition) is 7. The number of rotatable bonds is 10. The second kappa shape index (κ2) is 13.4. The third-order valence-corrected chi connectivity index (χ3v) is 7.24. The number of halogens is 2. The SMILES string of the molecule is COc1ccc(-c2oc(N=Cc3ccc(OCc4ccc(Cl)cc4Cl)c(OC)c3)c(C#N)c2-c2ccc(OC)cc2)cc1. The Hall–Kier alpha value is -4.90. The van der Waals surface area contributed by atoms with Crippen LogP contribution in [0.2, 0.25) is 10.0 Å². The molecule has 7 nitrogen and oxygen atoms in total. The zero-order chi connectivity index (χ0) is 30.3. The molecule has 5 rings (SSSR count). The molecule has 0 spiro atoms. The van der Waals surface area contributed by atoms with E-state index in [9.17, 15) is 5.26 Å². The van der Waals surface area contributed by atoms with Gasteiger partial charge in [0, 0.05) is 33.0 Å². The average molecular weight is 613 g/mol. The molecule has 9 heteroatoms. The van der Waals surface area contributed by atoms with Crippen LogP contribution >= 0.6 is 23.2 Å². The Morgan fingerprint density at radius 2 is 1.47 bits per heavy atom. The predicted molar refractivity (Wildman–Crippen MR) is 168 cm³/mol. The van der Waals surface area contributed by atoms with Gasteiger partial charge in [0.2, 0.25) is 5.88 Å². The fourth-order valence-electron chi connectivity index (χ4n) is 4.40. The Bertz CT molecular complexity index is 1810. The van der Waals surface area contributed by atoms with Crippen LogP contribution in [0.5, 0.6) is 23.0 Å². The maximum atomic E-state index is 10.2. The average Bonchev–Trinajstić information content (AvgIpc) is 3.42. The molecule has 0 saturated heterocycles. The first-order valence-corrected chi connectivity index (χ1v) is 13.8. The van der Waals surface area contributed by atoms with Gasteiger partial charge in [-0.25, -0.2) is 4.99 Å². The van der Waals surface area contributed by atoms with Gasteiger partial charge in [-0.1, -0.05) is 41.4 Å². The van der Waals surface area contributed by atoms with Crippen molar-refractivity contribution in [3.8, 4) is 51.5 Å². The number of furan rings is 1. The van der Waals surface area contributed by atoms with E-state index in [0.717, 1.165) is 16.7 Å². The van der Waals surface area contributed by atoms with Crippen LogP contribution in [0, 0.1) is 11.3 Å². The van der Waals surface area contributed by atoms with E-state index in [-0.39, 0.29) is 12.5 Å². The molecule has 216 valence electrons. The number of nitrogens with zero attached hydrogens (tertiary/aromatic N) is 2. The minimum absolute atomic E-state index is 0.177. The van der Waals surface area contributed by atoms with Gasteiger partial charge in [0.15, 0.2) is 11.5 Å². The Kier molecular flexibility index (Phi) is 9.21. The van der Waals surface area contributed by atoms with Crippen molar-refractivity contribution in [3.05, 3.63) is 112 Å². The van der Waals surface area contributed by atoms with Gasteiger partial charge >= 0.3 is 0 Å². The first-order valence-electron chi connectivity index (χ1n) is 13.1. The van der Waals surface area contributed by atoms with Crippen molar-refractivity contribution in [1.29, 1.82) is 5.26 Å². The Labute approximate surface area is 259 Å². The number of nitriles is 1. The van der Waals surface area contributed by atoms with E-state index in [2.05, 4.69) is 11.1 Å². The van der Waals surface area contributed by atoms with Gasteiger partial charge in [0.25, 0.3) is 0 Å². The molecule has 0 amide bonds. The van der Waals surface area contributed by atoms with Crippen molar-refractivity contribution in [1.82, 2.24) is 0 Å². The fourth-order valence-corrected chi connectivity index (χ4v) is 4.87. The summed E-state index contributed by atoms with van der Waals surface area (Å²) < 4.78 is 28.4. The number of aliphatic imine (C=N–C) groups is 1. The highest BCUT2D eigenvalue weighted by atomic mass is 35.5. The molecule has 0 aliphatic heterocycles. The Morgan fingerprint density at radius 3 is 2.07 bits per heavy atom. The molecule has 0 aliphatic carbocycles. The molecule has 0 bridgehead atoms. The van der Waals surface area contributed by atoms with Crippen LogP contribution < -0.4 is 18.9 Å². The van der Waals surface area contributed by atoms with Crippen LogP contribution in [0.15, 0.2) is 94.3 Å². The largest absolute Gasteiger partial charge is 0.497 e. The number of benzene rings is 4. The van der Waals surface area contributed by atoms with Gasteiger partial charge in [0.1, 0.15) is 35.5 Å². The molecular formula is C34H26Cl2N2O5. The topological polar surface area (TPSA) is 86.2 Å². The van der Waals surface area contributed by atoms with Gasteiger partial charge in [-0.2, -0.15) is 5.26 Å². The van der Waals surface area contributed by atoms with Crippen molar-refractivity contribution >= 4 is 35.3 Å². The fraction of sp³-hybridized carbons (Fsp3) is 0.118. The summed E-state index contributed by atoms with van der Waals surface area (Å²) in [5.41, 5.74) is 4.00. The van der Waals surface area contributed by atoms with Crippen LogP contribution in [0.1, 0.15) is 16.7 Å². The van der Waals surface area contributed by atoms with Crippen molar-refractivity contribution in [2.24, 2.45) is 4.99 Å². The lowest BCUT2D eigenvalue weighted by Gasteiger charge is -2.12. The van der Waals surface area contributed by atoms with E-state index >= 15 is 0 Å². The second-order valence-corrected chi connectivity index (χ2v) is 10.1. The molecule has 0 aliphatic rings. The van der Waals surface area contributed by atoms with Crippen LogP contribution in [0.3, 0.4) is 0 Å². The van der Waals surface area contributed by atoms with Crippen LogP contribution in [0.4, 0.5) is 5.88 Å². The van der Waals surface area contributed by atoms with Gasteiger partial charge in [-0.3, -0.25) is 0 Å². The van der Waals surface area contributed by atoms with E-state index in [1.165, 1.54) is 0 Å². The van der Waals surface area contributed by atoms with Crippen LogP contribution in [-0.2, 0) is 6.61 Å². The lowest BCUT2D eigenvalue weighted by atomic mass is 9.98. The second-order valence-electron chi connectivity index (χ2n) is 9.25. The highest BCUT2D eigenvalue weighted by Gasteiger charge is 2.23. The van der Waals surface area contributed by atoms with Gasteiger partial charge in [-0.05, 0) is 77.9 Å². The van der Waals surface area contributed by atoms with Crippen LogP contribution in [0.25, 0.3) is 22.5 Å². The van der Waals surface area contributed by atoms with E-state index in [1.54, 1.807) is 51.8 Å². The maximum Gasteiger partial charge on any atom is 0.238 e. The quantitative estimate of drug-likeness (QED) is 0.146. The summed E-state index contributed by atoms with van der Waals surface area (Å²) in [5, 5.41) is 11.3. The maximum absolute atomic E-state index is 10.2. The van der Waals surface area contributed by atoms with E-state index in [1.807, 2.05) is 60.7 Å². The molecule has 43 heavy (non-hydrogen) atoms. The van der Waals surface area contributed by atoms with Crippen molar-refractivity contribution < 1.29 is 23.4 Å². The zero-order valence-corrected chi connectivity index (χ0v) is 25.1. The van der Waals surface area contributed by atoms with Crippen molar-refractivity contribution in [2.45, 2.75) is 6.61 Å². The smallest absolute Gasteiger partial charge is 0.238 e. The number of methoxy groups -OCH3 is 3. The van der Waals surface area contributed by atoms with E-state index in [4.69, 9.17) is 46.6 Å². The van der Waals surface area contributed by atoms with E-state index < -0.39 is 0 Å². The molecule has 0 atom stereocenters. The molecule has 0 radical (unpaired) electrons. The minimum atomic E-state index is 0.177. The molecule has 1 heterocycles. The molecule has 1 aromatic heterocycles. The summed E-state index contributed by atoms with van der Waals surface area (Å²) in [6.07, 6.45) is 1.61. The molecule has 5 aromatic rings. The van der Waals surface area contributed by atoms with Crippen molar-refractivity contribution in [3.63, 3.8) is 0 Å². The minimum Gasteiger partial charge on any atom is -0.497 e. The third kappa shape index (κ3) is 6.62. The highest BCUT2D eigenvalue weighted by Crippen LogP contribution is 2.43. The molecule has 0 fully saturated rings. The van der Waals surface area contributed by atoms with Crippen LogP contribution in [-0.4, -0.2) is 27.5 Å². The summed E-state index contributed by atoms with van der Waals surface area (Å²) in [5.74, 6) is 3.14. The molecule has 0 saturated carbocycles. The molecular weight excluding hydrogens is 587 g/mol. The monoisotopic (exact) mass is 612 g/mol. The number of hydrogen-bond donors (Lipinski definition) is 0. The summed E-state index contributed by atoms with van der Waals surface area (Å²) in [6.45, 7) is 0.236. The molecule has 0 unspecified atom stereocenters. The first-order chi connectivity index (χ1) is 20.9. The lowest BCUT2D eigenvalue weighted by molar-refractivity contribution is 0.284. The summed E-state index contributed by atoms with van der Waals surface area (Å²) in [6, 6.07) is 27.8. The Balaban J connectivity index is 1.48. The molecule has 4 aromatic carbocycles. The van der Waals surface area contributed by atoms with Crippen molar-refractivity contribution in [2.75, 3.05) is 21.3 Å². The number of ether oxygens (including phenoxy) is 4. The normalized spacial score (nSPS) is 10.9. The Morgan fingerprint density at radius 1 is 0.791 bits per heavy atom. The van der Waals surface area contributed by atoms with Gasteiger partial charge in [-0.15, -0.1) is 0 Å². The standard InChI is InChI=1S/C34H26Cl2N2O5/c1-39-26-11-6-22(7-12-26)32-28(18-37)34(43-33(32)23-8-13-27(40-2)14-9-23)38-19-21-4-15-30(31(16-21)41-3)42-20-24-5-10-25(35)17-29(24)36/h4-17,19H,20H2,1-3H3. The van der Waals surface area contributed by atoms with E-state index in [0.29, 0.717) is 55.5 Å². The summed E-state index contributed by atoms with van der Waals surface area (Å²) in [7, 11) is 4.77. The van der Waals surface area contributed by atoms with Gasteiger partial charge < -0.3 is 23.4 Å².